The van der Waals surface area contributed by atoms with Gasteiger partial charge in [-0.25, -0.2) is 4.39 Å². The summed E-state index contributed by atoms with van der Waals surface area (Å²) in [5, 5.41) is 3.34. The normalized spacial score (nSPS) is 18.0. The number of halogens is 1. The Hall–Kier alpha value is -2.20. The molecule has 1 amide bonds. The molecule has 1 fully saturated rings. The van der Waals surface area contributed by atoms with Gasteiger partial charge in [0.2, 0.25) is 5.91 Å². The summed E-state index contributed by atoms with van der Waals surface area (Å²) >= 11 is 0. The highest BCUT2D eigenvalue weighted by molar-refractivity contribution is 5.83. The van der Waals surface area contributed by atoms with Crippen LogP contribution in [0.4, 0.5) is 4.39 Å². The fraction of sp³-hybridized carbons (Fsp3) is 0.350. The molecule has 4 heteroatoms. The fourth-order valence-electron chi connectivity index (χ4n) is 3.27. The Morgan fingerprint density at radius 2 is 1.92 bits per heavy atom. The minimum Gasteiger partial charge on any atom is -0.340 e. The molecule has 2 aromatic rings. The summed E-state index contributed by atoms with van der Waals surface area (Å²) < 4.78 is 13.2. The molecule has 0 bridgehead atoms. The van der Waals surface area contributed by atoms with Crippen LogP contribution in [0.25, 0.3) is 11.1 Å². The maximum atomic E-state index is 13.2. The maximum absolute atomic E-state index is 13.2. The van der Waals surface area contributed by atoms with Crippen molar-refractivity contribution in [2.75, 3.05) is 19.6 Å². The van der Waals surface area contributed by atoms with E-state index in [1.165, 1.54) is 12.1 Å². The summed E-state index contributed by atoms with van der Waals surface area (Å²) in [6.45, 7) is 4.52. The van der Waals surface area contributed by atoms with Gasteiger partial charge in [0, 0.05) is 19.6 Å². The van der Waals surface area contributed by atoms with Crippen molar-refractivity contribution in [2.24, 2.45) is 0 Å². The molecule has 1 N–H and O–H groups in total. The van der Waals surface area contributed by atoms with Crippen LogP contribution in [0.15, 0.2) is 48.5 Å². The number of nitrogens with zero attached hydrogens (tertiary/aromatic N) is 1. The number of hydrogen-bond acceptors (Lipinski definition) is 2. The van der Waals surface area contributed by atoms with Crippen LogP contribution in [0.5, 0.6) is 0 Å². The van der Waals surface area contributed by atoms with Crippen molar-refractivity contribution < 1.29 is 9.18 Å². The van der Waals surface area contributed by atoms with E-state index in [1.807, 2.05) is 29.2 Å². The lowest BCUT2D eigenvalue weighted by molar-refractivity contribution is -0.135. The quantitative estimate of drug-likeness (QED) is 0.915. The van der Waals surface area contributed by atoms with E-state index >= 15 is 0 Å². The molecule has 0 saturated carbocycles. The molecule has 2 aromatic carbocycles. The van der Waals surface area contributed by atoms with Gasteiger partial charge >= 0.3 is 0 Å². The molecule has 1 saturated heterocycles. The van der Waals surface area contributed by atoms with Crippen LogP contribution in [0.1, 0.15) is 18.9 Å². The molecule has 0 spiro atoms. The van der Waals surface area contributed by atoms with Crippen molar-refractivity contribution in [1.82, 2.24) is 10.2 Å². The number of carbonyl (C=O) groups is 1. The van der Waals surface area contributed by atoms with E-state index in [4.69, 9.17) is 0 Å². The molecule has 126 valence electrons. The second kappa shape index (κ2) is 7.58. The Morgan fingerprint density at radius 3 is 2.67 bits per heavy atom. The molecule has 1 heterocycles. The topological polar surface area (TPSA) is 32.3 Å². The van der Waals surface area contributed by atoms with Crippen LogP contribution in [0.2, 0.25) is 0 Å². The molecular weight excluding hydrogens is 303 g/mol. The second-order valence-corrected chi connectivity index (χ2v) is 6.20. The van der Waals surface area contributed by atoms with Crippen LogP contribution in [-0.2, 0) is 11.2 Å². The zero-order valence-electron chi connectivity index (χ0n) is 14.0. The van der Waals surface area contributed by atoms with Gasteiger partial charge in [-0.1, -0.05) is 43.3 Å². The third-order valence-corrected chi connectivity index (χ3v) is 4.47. The van der Waals surface area contributed by atoms with Gasteiger partial charge < -0.3 is 10.2 Å². The Balaban J connectivity index is 1.83. The smallest absolute Gasteiger partial charge is 0.240 e. The van der Waals surface area contributed by atoms with E-state index < -0.39 is 0 Å². The maximum Gasteiger partial charge on any atom is 0.240 e. The van der Waals surface area contributed by atoms with E-state index in [9.17, 15) is 9.18 Å². The lowest BCUT2D eigenvalue weighted by atomic mass is 9.94. The molecule has 0 radical (unpaired) electrons. The predicted octanol–water partition coefficient (Wildman–Crippen LogP) is 3.25. The molecule has 3 rings (SSSR count). The SMILES string of the molecule is CCCN1CCN[C@@H](Cc2ccccc2-c2ccc(F)cc2)C1=O. The summed E-state index contributed by atoms with van der Waals surface area (Å²) in [6.07, 6.45) is 1.62. The lowest BCUT2D eigenvalue weighted by Gasteiger charge is -2.33. The number of amides is 1. The Morgan fingerprint density at radius 1 is 1.17 bits per heavy atom. The highest BCUT2D eigenvalue weighted by Crippen LogP contribution is 2.25. The summed E-state index contributed by atoms with van der Waals surface area (Å²) in [7, 11) is 0. The molecular formula is C20H23FN2O. The van der Waals surface area contributed by atoms with Crippen molar-refractivity contribution in [3.63, 3.8) is 0 Å². The average molecular weight is 326 g/mol. The predicted molar refractivity (Wildman–Crippen MR) is 94.2 cm³/mol. The van der Waals surface area contributed by atoms with Crippen molar-refractivity contribution in [1.29, 1.82) is 0 Å². The molecule has 1 aliphatic heterocycles. The first-order chi connectivity index (χ1) is 11.7. The van der Waals surface area contributed by atoms with Crippen LogP contribution in [0, 0.1) is 5.82 Å². The van der Waals surface area contributed by atoms with Crippen molar-refractivity contribution >= 4 is 5.91 Å². The Labute approximate surface area is 142 Å². The first kappa shape index (κ1) is 16.7. The van der Waals surface area contributed by atoms with E-state index in [0.717, 1.165) is 42.7 Å². The summed E-state index contributed by atoms with van der Waals surface area (Å²) in [6, 6.07) is 14.4. The summed E-state index contributed by atoms with van der Waals surface area (Å²) in [4.78, 5) is 14.6. The molecule has 3 nitrogen and oxygen atoms in total. The Kier molecular flexibility index (Phi) is 5.26. The van der Waals surface area contributed by atoms with E-state index in [-0.39, 0.29) is 17.8 Å². The fourth-order valence-corrected chi connectivity index (χ4v) is 3.27. The van der Waals surface area contributed by atoms with Crippen molar-refractivity contribution in [3.05, 3.63) is 59.9 Å². The molecule has 1 aliphatic rings. The second-order valence-electron chi connectivity index (χ2n) is 6.20. The van der Waals surface area contributed by atoms with Crippen LogP contribution < -0.4 is 5.32 Å². The van der Waals surface area contributed by atoms with Gasteiger partial charge in [0.25, 0.3) is 0 Å². The third-order valence-electron chi connectivity index (χ3n) is 4.47. The van der Waals surface area contributed by atoms with E-state index in [0.29, 0.717) is 6.42 Å². The monoisotopic (exact) mass is 326 g/mol. The number of carbonyl (C=O) groups excluding carboxylic acids is 1. The lowest BCUT2D eigenvalue weighted by Crippen LogP contribution is -2.55. The summed E-state index contributed by atoms with van der Waals surface area (Å²) in [5.74, 6) is -0.0624. The highest BCUT2D eigenvalue weighted by atomic mass is 19.1. The van der Waals surface area contributed by atoms with Crippen molar-refractivity contribution in [2.45, 2.75) is 25.8 Å². The average Bonchev–Trinajstić information content (AvgIpc) is 2.60. The first-order valence-corrected chi connectivity index (χ1v) is 8.55. The molecule has 1 atom stereocenters. The van der Waals surface area contributed by atoms with Gasteiger partial charge in [0.15, 0.2) is 0 Å². The number of hydrogen-bond donors (Lipinski definition) is 1. The van der Waals surface area contributed by atoms with Gasteiger partial charge in [-0.2, -0.15) is 0 Å². The van der Waals surface area contributed by atoms with Gasteiger partial charge in [-0.3, -0.25) is 4.79 Å². The number of piperazine rings is 1. The third kappa shape index (κ3) is 3.65. The minimum absolute atomic E-state index is 0.178. The zero-order valence-corrected chi connectivity index (χ0v) is 14.0. The number of benzene rings is 2. The number of rotatable bonds is 5. The number of nitrogens with one attached hydrogen (secondary N) is 1. The highest BCUT2D eigenvalue weighted by Gasteiger charge is 2.28. The van der Waals surface area contributed by atoms with Gasteiger partial charge in [0.1, 0.15) is 5.82 Å². The van der Waals surface area contributed by atoms with Crippen LogP contribution >= 0.6 is 0 Å². The van der Waals surface area contributed by atoms with Crippen LogP contribution in [-0.4, -0.2) is 36.5 Å². The van der Waals surface area contributed by atoms with Gasteiger partial charge in [-0.05, 0) is 41.7 Å². The first-order valence-electron chi connectivity index (χ1n) is 8.55. The summed E-state index contributed by atoms with van der Waals surface area (Å²) in [5.41, 5.74) is 3.13. The van der Waals surface area contributed by atoms with Gasteiger partial charge in [-0.15, -0.1) is 0 Å². The molecule has 24 heavy (non-hydrogen) atoms. The molecule has 0 unspecified atom stereocenters. The molecule has 0 aliphatic carbocycles. The minimum atomic E-state index is -0.240. The molecule has 0 aromatic heterocycles. The largest absolute Gasteiger partial charge is 0.340 e. The van der Waals surface area contributed by atoms with E-state index in [1.54, 1.807) is 12.1 Å². The van der Waals surface area contributed by atoms with E-state index in [2.05, 4.69) is 12.2 Å². The Bertz CT molecular complexity index is 697. The van der Waals surface area contributed by atoms with Gasteiger partial charge in [0.05, 0.1) is 6.04 Å². The van der Waals surface area contributed by atoms with Crippen molar-refractivity contribution in [3.8, 4) is 11.1 Å². The standard InChI is InChI=1S/C20H23FN2O/c1-2-12-23-13-11-22-19(20(23)24)14-16-5-3-4-6-18(16)15-7-9-17(21)10-8-15/h3-10,19,22H,2,11-14H2,1H3/t19-/m0/s1. The van der Waals surface area contributed by atoms with Crippen LogP contribution in [0.3, 0.4) is 0 Å². The zero-order chi connectivity index (χ0) is 16.9.